The molecule has 1 N–H and O–H groups in total. The lowest BCUT2D eigenvalue weighted by molar-refractivity contribution is -0.137. The molecule has 154 valence electrons. The van der Waals surface area contributed by atoms with E-state index in [0.717, 1.165) is 59.9 Å². The number of aryl methyl sites for hydroxylation is 1. The highest BCUT2D eigenvalue weighted by Crippen LogP contribution is 2.33. The average Bonchev–Trinajstić information content (AvgIpc) is 3.29. The first kappa shape index (κ1) is 19.6. The summed E-state index contributed by atoms with van der Waals surface area (Å²) in [4.78, 5) is 4.48. The summed E-state index contributed by atoms with van der Waals surface area (Å²) in [6.45, 7) is 4.07. The number of hydrogen-bond acceptors (Lipinski definition) is 4. The Morgan fingerprint density at radius 1 is 1.07 bits per heavy atom. The first-order chi connectivity index (χ1) is 14.0. The number of imidazole rings is 1. The Balaban J connectivity index is 1.53. The van der Waals surface area contributed by atoms with Gasteiger partial charge in [0.25, 0.3) is 0 Å². The Morgan fingerprint density at radius 2 is 1.90 bits per heavy atom. The molecule has 0 aliphatic carbocycles. The van der Waals surface area contributed by atoms with Crippen LogP contribution in [0.2, 0.25) is 0 Å². The van der Waals surface area contributed by atoms with E-state index in [0.29, 0.717) is 18.6 Å². The molecule has 0 atom stereocenters. The molecule has 4 rings (SSSR count). The predicted octanol–water partition coefficient (Wildman–Crippen LogP) is 4.87. The van der Waals surface area contributed by atoms with Gasteiger partial charge in [-0.3, -0.25) is 0 Å². The zero-order valence-electron chi connectivity index (χ0n) is 16.1. The summed E-state index contributed by atoms with van der Waals surface area (Å²) < 4.78 is 51.8. The van der Waals surface area contributed by atoms with Crippen LogP contribution in [0.3, 0.4) is 0 Å². The number of halogens is 3. The number of benzene rings is 2. The van der Waals surface area contributed by atoms with E-state index < -0.39 is 11.7 Å². The second-order valence-corrected chi connectivity index (χ2v) is 7.03. The molecular weight excluding hydrogens is 383 g/mol. The van der Waals surface area contributed by atoms with Crippen LogP contribution in [0.5, 0.6) is 11.5 Å². The first-order valence-electron chi connectivity index (χ1n) is 9.61. The number of alkyl halides is 3. The zero-order valence-corrected chi connectivity index (χ0v) is 16.1. The van der Waals surface area contributed by atoms with E-state index in [1.165, 1.54) is 6.07 Å². The van der Waals surface area contributed by atoms with E-state index in [-0.39, 0.29) is 6.79 Å². The fraction of sp³-hybridized carbons (Fsp3) is 0.381. The van der Waals surface area contributed by atoms with Crippen LogP contribution >= 0.6 is 0 Å². The summed E-state index contributed by atoms with van der Waals surface area (Å²) in [7, 11) is 0. The molecule has 29 heavy (non-hydrogen) atoms. The van der Waals surface area contributed by atoms with Crippen molar-refractivity contribution >= 4 is 11.0 Å². The summed E-state index contributed by atoms with van der Waals surface area (Å²) in [5.74, 6) is 2.18. The van der Waals surface area contributed by atoms with E-state index in [2.05, 4.69) is 17.2 Å². The summed E-state index contributed by atoms with van der Waals surface area (Å²) in [6.07, 6.45) is -2.45. The molecule has 0 fully saturated rings. The van der Waals surface area contributed by atoms with Gasteiger partial charge >= 0.3 is 6.18 Å². The Morgan fingerprint density at radius 3 is 2.69 bits per heavy atom. The van der Waals surface area contributed by atoms with E-state index in [1.807, 2.05) is 22.8 Å². The maximum Gasteiger partial charge on any atom is 0.416 e. The van der Waals surface area contributed by atoms with Gasteiger partial charge < -0.3 is 19.4 Å². The third-order valence-corrected chi connectivity index (χ3v) is 4.94. The number of fused-ring (bicyclic) bond motifs is 2. The van der Waals surface area contributed by atoms with Gasteiger partial charge in [0, 0.05) is 13.1 Å². The van der Waals surface area contributed by atoms with Gasteiger partial charge in [-0.15, -0.1) is 0 Å². The van der Waals surface area contributed by atoms with Crippen LogP contribution in [0.15, 0.2) is 36.4 Å². The van der Waals surface area contributed by atoms with Crippen LogP contribution in [0.1, 0.15) is 36.7 Å². The van der Waals surface area contributed by atoms with Crippen molar-refractivity contribution in [3.8, 4) is 11.5 Å². The smallest absolute Gasteiger partial charge is 0.416 e. The third-order valence-electron chi connectivity index (χ3n) is 4.94. The fourth-order valence-electron chi connectivity index (χ4n) is 3.43. The van der Waals surface area contributed by atoms with E-state index in [9.17, 15) is 13.2 Å². The second kappa shape index (κ2) is 7.94. The van der Waals surface area contributed by atoms with Gasteiger partial charge in [0.05, 0.1) is 23.1 Å². The normalized spacial score (nSPS) is 13.4. The highest BCUT2D eigenvalue weighted by Gasteiger charge is 2.31. The Hall–Kier alpha value is -2.74. The van der Waals surface area contributed by atoms with Gasteiger partial charge in [0.15, 0.2) is 11.5 Å². The minimum Gasteiger partial charge on any atom is -0.454 e. The van der Waals surface area contributed by atoms with Crippen molar-refractivity contribution < 1.29 is 22.6 Å². The van der Waals surface area contributed by atoms with Gasteiger partial charge in [0.1, 0.15) is 5.82 Å². The van der Waals surface area contributed by atoms with Crippen LogP contribution < -0.4 is 14.8 Å². The molecule has 0 saturated carbocycles. The minimum absolute atomic E-state index is 0.230. The minimum atomic E-state index is -4.38. The Bertz CT molecular complexity index is 1010. The molecule has 8 heteroatoms. The van der Waals surface area contributed by atoms with Gasteiger partial charge in [-0.1, -0.05) is 19.4 Å². The molecule has 1 aliphatic heterocycles. The maximum absolute atomic E-state index is 13.0. The largest absolute Gasteiger partial charge is 0.454 e. The predicted molar refractivity (Wildman–Crippen MR) is 103 cm³/mol. The van der Waals surface area contributed by atoms with Crippen molar-refractivity contribution in [3.63, 3.8) is 0 Å². The lowest BCUT2D eigenvalue weighted by atomic mass is 10.2. The second-order valence-electron chi connectivity index (χ2n) is 7.03. The van der Waals surface area contributed by atoms with Crippen molar-refractivity contribution in [3.05, 3.63) is 53.3 Å². The van der Waals surface area contributed by atoms with E-state index in [1.54, 1.807) is 0 Å². The van der Waals surface area contributed by atoms with Crippen molar-refractivity contribution in [2.24, 2.45) is 0 Å². The lowest BCUT2D eigenvalue weighted by Crippen LogP contribution is -2.17. The van der Waals surface area contributed by atoms with Crippen LogP contribution in [-0.4, -0.2) is 16.3 Å². The highest BCUT2D eigenvalue weighted by molar-refractivity contribution is 5.77. The monoisotopic (exact) mass is 405 g/mol. The molecule has 3 aromatic rings. The highest BCUT2D eigenvalue weighted by atomic mass is 19.4. The summed E-state index contributed by atoms with van der Waals surface area (Å²) >= 11 is 0. The maximum atomic E-state index is 13.0. The number of nitrogens with one attached hydrogen (secondary N) is 1. The SMILES string of the molecule is CCCCn1c(CNCc2ccc3c(c2)OCO3)nc2cc(C(F)(F)F)ccc21. The molecule has 1 aliphatic rings. The molecule has 0 bridgehead atoms. The van der Waals surface area contributed by atoms with Gasteiger partial charge in [0.2, 0.25) is 6.79 Å². The van der Waals surface area contributed by atoms with E-state index >= 15 is 0 Å². The molecule has 0 unspecified atom stereocenters. The summed E-state index contributed by atoms with van der Waals surface area (Å²) in [5, 5.41) is 3.33. The first-order valence-corrected chi connectivity index (χ1v) is 9.61. The average molecular weight is 405 g/mol. The molecule has 2 aromatic carbocycles. The van der Waals surface area contributed by atoms with Crippen molar-refractivity contribution in [1.29, 1.82) is 0 Å². The summed E-state index contributed by atoms with van der Waals surface area (Å²) in [6, 6.07) is 9.51. The number of nitrogens with zero attached hydrogens (tertiary/aromatic N) is 2. The van der Waals surface area contributed by atoms with Gasteiger partial charge in [-0.25, -0.2) is 4.98 Å². The van der Waals surface area contributed by atoms with Gasteiger partial charge in [-0.05, 0) is 42.3 Å². The molecule has 0 spiro atoms. The lowest BCUT2D eigenvalue weighted by Gasteiger charge is -2.10. The molecule has 0 saturated heterocycles. The van der Waals surface area contributed by atoms with E-state index in [4.69, 9.17) is 9.47 Å². The molecule has 0 radical (unpaired) electrons. The van der Waals surface area contributed by atoms with Crippen molar-refractivity contribution in [2.75, 3.05) is 6.79 Å². The Labute approximate surface area is 166 Å². The number of rotatable bonds is 7. The van der Waals surface area contributed by atoms with Crippen LogP contribution in [0, 0.1) is 0 Å². The van der Waals surface area contributed by atoms with Crippen LogP contribution in [0.4, 0.5) is 13.2 Å². The molecule has 2 heterocycles. The molecule has 5 nitrogen and oxygen atoms in total. The quantitative estimate of drug-likeness (QED) is 0.609. The Kier molecular flexibility index (Phi) is 5.36. The number of hydrogen-bond donors (Lipinski definition) is 1. The molecular formula is C21H22F3N3O2. The standard InChI is InChI=1S/C21H22F3N3O2/c1-2-3-8-27-17-6-5-15(21(22,23)24)10-16(17)26-20(27)12-25-11-14-4-7-18-19(9-14)29-13-28-18/h4-7,9-10,25H,2-3,8,11-13H2,1H3. The van der Waals surface area contributed by atoms with Crippen molar-refractivity contribution in [2.45, 2.75) is 45.6 Å². The van der Waals surface area contributed by atoms with Gasteiger partial charge in [-0.2, -0.15) is 13.2 Å². The zero-order chi connectivity index (χ0) is 20.4. The number of unbranched alkanes of at least 4 members (excludes halogenated alkanes) is 1. The van der Waals surface area contributed by atoms with Crippen LogP contribution in [0.25, 0.3) is 11.0 Å². The molecule has 0 amide bonds. The molecule has 1 aromatic heterocycles. The number of ether oxygens (including phenoxy) is 2. The fourth-order valence-corrected chi connectivity index (χ4v) is 3.43. The third kappa shape index (κ3) is 4.17. The van der Waals surface area contributed by atoms with Crippen molar-refractivity contribution in [1.82, 2.24) is 14.9 Å². The number of aromatic nitrogens is 2. The topological polar surface area (TPSA) is 48.3 Å². The van der Waals surface area contributed by atoms with Crippen LogP contribution in [-0.2, 0) is 25.8 Å². The summed E-state index contributed by atoms with van der Waals surface area (Å²) in [5.41, 5.74) is 1.46.